The highest BCUT2D eigenvalue weighted by atomic mass is 19.4. The fourth-order valence-corrected chi connectivity index (χ4v) is 2.67. The van der Waals surface area contributed by atoms with E-state index in [1.807, 2.05) is 0 Å². The quantitative estimate of drug-likeness (QED) is 0.819. The Hall–Kier alpha value is -1.55. The van der Waals surface area contributed by atoms with Gasteiger partial charge in [-0.3, -0.25) is 9.36 Å². The zero-order valence-corrected chi connectivity index (χ0v) is 12.7. The highest BCUT2D eigenvalue weighted by Crippen LogP contribution is 2.24. The van der Waals surface area contributed by atoms with Gasteiger partial charge in [0, 0.05) is 19.2 Å². The summed E-state index contributed by atoms with van der Waals surface area (Å²) in [5.74, 6) is 0.0428. The largest absolute Gasteiger partial charge is 0.415 e. The molecule has 0 saturated carbocycles. The summed E-state index contributed by atoms with van der Waals surface area (Å²) in [6, 6.07) is 0.791. The van der Waals surface area contributed by atoms with E-state index >= 15 is 0 Å². The monoisotopic (exact) mass is 355 g/mol. The van der Waals surface area contributed by atoms with Gasteiger partial charge < -0.3 is 10.0 Å². The van der Waals surface area contributed by atoms with E-state index in [2.05, 4.69) is 4.98 Å². The molecule has 0 bridgehead atoms. The number of alkyl halides is 5. The van der Waals surface area contributed by atoms with Gasteiger partial charge in [0.2, 0.25) is 0 Å². The Balaban J connectivity index is 1.86. The van der Waals surface area contributed by atoms with Crippen molar-refractivity contribution in [3.8, 4) is 0 Å². The van der Waals surface area contributed by atoms with Gasteiger partial charge in [0.25, 0.3) is 12.0 Å². The molecule has 0 aromatic carbocycles. The second-order valence-corrected chi connectivity index (χ2v) is 5.91. The van der Waals surface area contributed by atoms with Crippen molar-refractivity contribution in [2.75, 3.05) is 19.6 Å². The van der Waals surface area contributed by atoms with Gasteiger partial charge in [-0.05, 0) is 31.8 Å². The normalized spacial score (nSPS) is 19.0. The number of aliphatic hydroxyl groups is 1. The third-order valence-corrected chi connectivity index (χ3v) is 4.10. The number of aromatic nitrogens is 2. The van der Waals surface area contributed by atoms with Gasteiger partial charge in [-0.1, -0.05) is 0 Å². The van der Waals surface area contributed by atoms with Crippen LogP contribution in [0, 0.1) is 5.92 Å². The fourth-order valence-electron chi connectivity index (χ4n) is 2.67. The molecule has 136 valence electrons. The molecular weight excluding hydrogens is 337 g/mol. The Morgan fingerprint density at radius 2 is 1.92 bits per heavy atom. The third kappa shape index (κ3) is 4.97. The number of rotatable bonds is 5. The highest BCUT2D eigenvalue weighted by Gasteiger charge is 2.39. The lowest BCUT2D eigenvalue weighted by atomic mass is 9.96. The van der Waals surface area contributed by atoms with Crippen LogP contribution < -0.4 is 5.56 Å². The van der Waals surface area contributed by atoms with Crippen LogP contribution in [-0.2, 0) is 6.54 Å². The van der Waals surface area contributed by atoms with Crippen molar-refractivity contribution in [1.82, 2.24) is 14.5 Å². The van der Waals surface area contributed by atoms with Crippen molar-refractivity contribution in [2.45, 2.75) is 38.1 Å². The molecule has 0 amide bonds. The van der Waals surface area contributed by atoms with Gasteiger partial charge in [0.05, 0.1) is 6.33 Å². The topological polar surface area (TPSA) is 58.4 Å². The molecule has 5 nitrogen and oxygen atoms in total. The van der Waals surface area contributed by atoms with Crippen molar-refractivity contribution >= 4 is 0 Å². The average Bonchev–Trinajstić information content (AvgIpc) is 2.50. The molecule has 1 fully saturated rings. The first-order valence-electron chi connectivity index (χ1n) is 7.48. The summed E-state index contributed by atoms with van der Waals surface area (Å²) in [6.45, 7) is 0.552. The lowest BCUT2D eigenvalue weighted by molar-refractivity contribution is -0.208. The summed E-state index contributed by atoms with van der Waals surface area (Å²) >= 11 is 0. The second-order valence-electron chi connectivity index (χ2n) is 5.91. The van der Waals surface area contributed by atoms with E-state index in [1.165, 1.54) is 9.47 Å². The summed E-state index contributed by atoms with van der Waals surface area (Å²) in [4.78, 5) is 16.8. The molecule has 1 atom stereocenters. The number of piperidine rings is 1. The van der Waals surface area contributed by atoms with E-state index < -0.39 is 36.5 Å². The van der Waals surface area contributed by atoms with Crippen LogP contribution in [0.15, 0.2) is 17.2 Å². The molecular formula is C14H18F5N3O2. The van der Waals surface area contributed by atoms with E-state index in [9.17, 15) is 26.7 Å². The Bertz CT molecular complexity index is 597. The molecule has 2 rings (SSSR count). The Morgan fingerprint density at radius 3 is 2.42 bits per heavy atom. The molecule has 1 aromatic heterocycles. The van der Waals surface area contributed by atoms with Gasteiger partial charge in [-0.25, -0.2) is 13.8 Å². The zero-order valence-electron chi connectivity index (χ0n) is 12.7. The Morgan fingerprint density at radius 1 is 1.29 bits per heavy atom. The number of aliphatic hydroxyl groups excluding tert-OH is 1. The maximum absolute atomic E-state index is 12.5. The molecule has 1 aromatic rings. The van der Waals surface area contributed by atoms with Crippen LogP contribution in [0.2, 0.25) is 0 Å². The first kappa shape index (κ1) is 18.8. The van der Waals surface area contributed by atoms with Crippen LogP contribution in [0.5, 0.6) is 0 Å². The average molecular weight is 355 g/mol. The number of halogens is 5. The second kappa shape index (κ2) is 7.56. The van der Waals surface area contributed by atoms with Crippen LogP contribution in [0.3, 0.4) is 0 Å². The summed E-state index contributed by atoms with van der Waals surface area (Å²) in [7, 11) is 0. The lowest BCUT2D eigenvalue weighted by Gasteiger charge is -2.33. The molecule has 24 heavy (non-hydrogen) atoms. The Kier molecular flexibility index (Phi) is 5.92. The summed E-state index contributed by atoms with van der Waals surface area (Å²) in [6.07, 6.45) is -7.65. The van der Waals surface area contributed by atoms with Crippen LogP contribution in [0.4, 0.5) is 22.0 Å². The summed E-state index contributed by atoms with van der Waals surface area (Å²) in [5.41, 5.74) is -1.15. The standard InChI is InChI=1S/C14H18F5N3O2/c15-13(16)10-5-12(24)22(8-20-10)6-9-1-3-21(4-2-9)7-11(23)14(17,18)19/h5,8-9,11,13,23H,1-4,6-7H2. The highest BCUT2D eigenvalue weighted by molar-refractivity contribution is 5.00. The minimum absolute atomic E-state index is 0.0428. The first-order valence-corrected chi connectivity index (χ1v) is 7.48. The molecule has 1 aliphatic heterocycles. The third-order valence-electron chi connectivity index (χ3n) is 4.10. The van der Waals surface area contributed by atoms with Gasteiger partial charge in [-0.15, -0.1) is 0 Å². The maximum atomic E-state index is 12.5. The van der Waals surface area contributed by atoms with Gasteiger partial charge in [0.1, 0.15) is 5.69 Å². The number of hydrogen-bond donors (Lipinski definition) is 1. The smallest absolute Gasteiger partial charge is 0.382 e. The van der Waals surface area contributed by atoms with Gasteiger partial charge >= 0.3 is 6.18 Å². The minimum atomic E-state index is -4.64. The van der Waals surface area contributed by atoms with Crippen LogP contribution in [0.1, 0.15) is 25.0 Å². The molecule has 1 unspecified atom stereocenters. The van der Waals surface area contributed by atoms with E-state index in [-0.39, 0.29) is 12.5 Å². The minimum Gasteiger partial charge on any atom is -0.382 e. The van der Waals surface area contributed by atoms with Crippen molar-refractivity contribution in [2.24, 2.45) is 5.92 Å². The van der Waals surface area contributed by atoms with Crippen molar-refractivity contribution in [3.63, 3.8) is 0 Å². The number of likely N-dealkylation sites (tertiary alicyclic amines) is 1. The van der Waals surface area contributed by atoms with Crippen LogP contribution in [0.25, 0.3) is 0 Å². The van der Waals surface area contributed by atoms with E-state index in [0.29, 0.717) is 25.9 Å². The number of hydrogen-bond acceptors (Lipinski definition) is 4. The van der Waals surface area contributed by atoms with E-state index in [1.54, 1.807) is 0 Å². The fraction of sp³-hybridized carbons (Fsp3) is 0.714. The maximum Gasteiger partial charge on any atom is 0.415 e. The molecule has 0 spiro atoms. The van der Waals surface area contributed by atoms with Gasteiger partial charge in [0.15, 0.2) is 6.10 Å². The molecule has 2 heterocycles. The van der Waals surface area contributed by atoms with Crippen molar-refractivity contribution in [1.29, 1.82) is 0 Å². The van der Waals surface area contributed by atoms with Crippen molar-refractivity contribution in [3.05, 3.63) is 28.4 Å². The molecule has 10 heteroatoms. The summed E-state index contributed by atoms with van der Waals surface area (Å²) < 4.78 is 63.1. The first-order chi connectivity index (χ1) is 11.2. The molecule has 1 saturated heterocycles. The predicted molar refractivity (Wildman–Crippen MR) is 74.7 cm³/mol. The molecule has 1 aliphatic rings. The van der Waals surface area contributed by atoms with Gasteiger partial charge in [-0.2, -0.15) is 13.2 Å². The Labute approximate surface area is 134 Å². The molecule has 1 N–H and O–H groups in total. The lowest BCUT2D eigenvalue weighted by Crippen LogP contribution is -2.44. The SMILES string of the molecule is O=c1cc(C(F)F)ncn1CC1CCN(CC(O)C(F)(F)F)CC1. The molecule has 0 radical (unpaired) electrons. The van der Waals surface area contributed by atoms with E-state index in [0.717, 1.165) is 12.4 Å². The van der Waals surface area contributed by atoms with E-state index in [4.69, 9.17) is 5.11 Å². The number of β-amino-alcohol motifs (C(OH)–C–C–N with tert-alkyl or cyclic N) is 1. The summed E-state index contributed by atoms with van der Waals surface area (Å²) in [5, 5.41) is 9.06. The van der Waals surface area contributed by atoms with Crippen LogP contribution >= 0.6 is 0 Å². The predicted octanol–water partition coefficient (Wildman–Crippen LogP) is 1.82. The number of nitrogens with zero attached hydrogens (tertiary/aromatic N) is 3. The molecule has 0 aliphatic carbocycles. The van der Waals surface area contributed by atoms with Crippen LogP contribution in [-0.4, -0.2) is 51.5 Å². The zero-order chi connectivity index (χ0) is 17.9. The van der Waals surface area contributed by atoms with Crippen molar-refractivity contribution < 1.29 is 27.1 Å².